The Morgan fingerprint density at radius 2 is 2.16 bits per heavy atom. The molecule has 3 amide bonds. The van der Waals surface area contributed by atoms with Crippen LogP contribution in [0.1, 0.15) is 19.3 Å². The molecule has 2 saturated heterocycles. The molecule has 108 valence electrons. The van der Waals surface area contributed by atoms with E-state index in [1.165, 1.54) is 0 Å². The van der Waals surface area contributed by atoms with Crippen LogP contribution in [0.15, 0.2) is 0 Å². The molecule has 2 rings (SSSR count). The maximum absolute atomic E-state index is 12.1. The summed E-state index contributed by atoms with van der Waals surface area (Å²) in [6.45, 7) is 3.30. The molecular formula is C13H24N4O2. The van der Waals surface area contributed by atoms with Gasteiger partial charge in [-0.3, -0.25) is 4.79 Å². The Balaban J connectivity index is 1.82. The van der Waals surface area contributed by atoms with Gasteiger partial charge in [-0.1, -0.05) is 0 Å². The minimum atomic E-state index is -0.338. The summed E-state index contributed by atoms with van der Waals surface area (Å²) in [6.07, 6.45) is 2.74. The summed E-state index contributed by atoms with van der Waals surface area (Å²) in [6, 6.07) is -0.429. The zero-order chi connectivity index (χ0) is 13.8. The summed E-state index contributed by atoms with van der Waals surface area (Å²) >= 11 is 0. The van der Waals surface area contributed by atoms with Gasteiger partial charge < -0.3 is 20.4 Å². The van der Waals surface area contributed by atoms with E-state index in [9.17, 15) is 9.59 Å². The van der Waals surface area contributed by atoms with Crippen LogP contribution in [-0.2, 0) is 4.79 Å². The van der Waals surface area contributed by atoms with Gasteiger partial charge in [0.25, 0.3) is 0 Å². The summed E-state index contributed by atoms with van der Waals surface area (Å²) in [4.78, 5) is 27.6. The van der Waals surface area contributed by atoms with Crippen molar-refractivity contribution in [3.8, 4) is 0 Å². The van der Waals surface area contributed by atoms with Crippen molar-refractivity contribution in [2.75, 3.05) is 40.3 Å². The van der Waals surface area contributed by atoms with Crippen LogP contribution in [0, 0.1) is 5.92 Å². The largest absolute Gasteiger partial charge is 0.344 e. The predicted octanol–water partition coefficient (Wildman–Crippen LogP) is -0.142. The lowest BCUT2D eigenvalue weighted by molar-refractivity contribution is -0.134. The van der Waals surface area contributed by atoms with E-state index in [-0.39, 0.29) is 18.0 Å². The number of rotatable bonds is 3. The number of hydrogen-bond acceptors (Lipinski definition) is 3. The second kappa shape index (κ2) is 6.23. The standard InChI is InChI=1S/C13H24N4O2/c1-14-8-10-5-7-17(9-10)13(19)15-11-4-3-6-16(2)12(11)18/h10-11,14H,3-9H2,1-2H3,(H,15,19). The summed E-state index contributed by atoms with van der Waals surface area (Å²) in [7, 11) is 3.72. The summed E-state index contributed by atoms with van der Waals surface area (Å²) < 4.78 is 0. The van der Waals surface area contributed by atoms with Crippen molar-refractivity contribution in [3.05, 3.63) is 0 Å². The van der Waals surface area contributed by atoms with Crippen molar-refractivity contribution in [1.82, 2.24) is 20.4 Å². The minimum absolute atomic E-state index is 0.0329. The highest BCUT2D eigenvalue weighted by Gasteiger charge is 2.31. The Morgan fingerprint density at radius 3 is 2.89 bits per heavy atom. The number of nitrogens with zero attached hydrogens (tertiary/aromatic N) is 2. The molecule has 19 heavy (non-hydrogen) atoms. The number of nitrogens with one attached hydrogen (secondary N) is 2. The molecule has 2 fully saturated rings. The second-order valence-corrected chi connectivity index (χ2v) is 5.56. The highest BCUT2D eigenvalue weighted by Crippen LogP contribution is 2.16. The predicted molar refractivity (Wildman–Crippen MR) is 72.8 cm³/mol. The fourth-order valence-corrected chi connectivity index (χ4v) is 2.88. The zero-order valence-corrected chi connectivity index (χ0v) is 11.8. The molecule has 2 atom stereocenters. The van der Waals surface area contributed by atoms with Gasteiger partial charge in [0.1, 0.15) is 6.04 Å². The maximum atomic E-state index is 12.1. The normalized spacial score (nSPS) is 27.8. The van der Waals surface area contributed by atoms with Gasteiger partial charge >= 0.3 is 6.03 Å². The molecule has 2 heterocycles. The van der Waals surface area contributed by atoms with Crippen molar-refractivity contribution in [2.24, 2.45) is 5.92 Å². The Hall–Kier alpha value is -1.30. The van der Waals surface area contributed by atoms with Gasteiger partial charge in [0, 0.05) is 26.7 Å². The van der Waals surface area contributed by atoms with Crippen LogP contribution in [0.4, 0.5) is 4.79 Å². The van der Waals surface area contributed by atoms with Gasteiger partial charge in [-0.15, -0.1) is 0 Å². The first-order chi connectivity index (χ1) is 9.11. The average Bonchev–Trinajstić information content (AvgIpc) is 2.84. The molecule has 0 aromatic carbocycles. The second-order valence-electron chi connectivity index (χ2n) is 5.56. The number of hydrogen-bond donors (Lipinski definition) is 2. The Bertz CT molecular complexity index is 348. The van der Waals surface area contributed by atoms with E-state index in [4.69, 9.17) is 0 Å². The highest BCUT2D eigenvalue weighted by atomic mass is 16.2. The van der Waals surface area contributed by atoms with E-state index in [1.807, 2.05) is 11.9 Å². The molecule has 0 aromatic rings. The van der Waals surface area contributed by atoms with E-state index in [1.54, 1.807) is 11.9 Å². The molecule has 0 radical (unpaired) electrons. The lowest BCUT2D eigenvalue weighted by Crippen LogP contribution is -2.53. The summed E-state index contributed by atoms with van der Waals surface area (Å²) in [5.74, 6) is 0.561. The third-order valence-electron chi connectivity index (χ3n) is 4.02. The number of amides is 3. The minimum Gasteiger partial charge on any atom is -0.344 e. The topological polar surface area (TPSA) is 64.7 Å². The van der Waals surface area contributed by atoms with Crippen molar-refractivity contribution in [3.63, 3.8) is 0 Å². The molecule has 0 saturated carbocycles. The molecular weight excluding hydrogens is 244 g/mol. The number of carbonyl (C=O) groups is 2. The van der Waals surface area contributed by atoms with Gasteiger partial charge in [-0.2, -0.15) is 0 Å². The highest BCUT2D eigenvalue weighted by molar-refractivity contribution is 5.87. The quantitative estimate of drug-likeness (QED) is 0.749. The molecule has 2 aliphatic heterocycles. The number of urea groups is 1. The van der Waals surface area contributed by atoms with Crippen LogP contribution >= 0.6 is 0 Å². The molecule has 0 spiro atoms. The first kappa shape index (κ1) is 14.1. The van der Waals surface area contributed by atoms with Gasteiger partial charge in [-0.05, 0) is 38.8 Å². The van der Waals surface area contributed by atoms with Crippen LogP contribution in [0.3, 0.4) is 0 Å². The van der Waals surface area contributed by atoms with Crippen molar-refractivity contribution >= 4 is 11.9 Å². The molecule has 6 heteroatoms. The molecule has 6 nitrogen and oxygen atoms in total. The lowest BCUT2D eigenvalue weighted by Gasteiger charge is -2.31. The van der Waals surface area contributed by atoms with Gasteiger partial charge in [0.05, 0.1) is 0 Å². The lowest BCUT2D eigenvalue weighted by atomic mass is 10.1. The first-order valence-corrected chi connectivity index (χ1v) is 7.07. The Morgan fingerprint density at radius 1 is 1.37 bits per heavy atom. The number of carbonyl (C=O) groups excluding carboxylic acids is 2. The van der Waals surface area contributed by atoms with Gasteiger partial charge in [-0.25, -0.2) is 4.79 Å². The van der Waals surface area contributed by atoms with E-state index < -0.39 is 0 Å². The Kier molecular flexibility index (Phi) is 4.63. The third kappa shape index (κ3) is 3.37. The molecule has 0 bridgehead atoms. The third-order valence-corrected chi connectivity index (χ3v) is 4.02. The molecule has 2 unspecified atom stereocenters. The molecule has 2 aliphatic rings. The van der Waals surface area contributed by atoms with Crippen LogP contribution in [0.2, 0.25) is 0 Å². The van der Waals surface area contributed by atoms with E-state index in [2.05, 4.69) is 10.6 Å². The summed E-state index contributed by atoms with van der Waals surface area (Å²) in [5, 5.41) is 6.02. The summed E-state index contributed by atoms with van der Waals surface area (Å²) in [5.41, 5.74) is 0. The monoisotopic (exact) mass is 268 g/mol. The smallest absolute Gasteiger partial charge is 0.318 e. The Labute approximate surface area is 114 Å². The van der Waals surface area contributed by atoms with Gasteiger partial charge in [0.15, 0.2) is 0 Å². The van der Waals surface area contributed by atoms with Crippen molar-refractivity contribution in [2.45, 2.75) is 25.3 Å². The van der Waals surface area contributed by atoms with E-state index in [0.29, 0.717) is 5.92 Å². The van der Waals surface area contributed by atoms with Crippen molar-refractivity contribution < 1.29 is 9.59 Å². The van der Waals surface area contributed by atoms with Crippen LogP contribution in [0.5, 0.6) is 0 Å². The van der Waals surface area contributed by atoms with E-state index in [0.717, 1.165) is 45.4 Å². The van der Waals surface area contributed by atoms with Crippen LogP contribution in [0.25, 0.3) is 0 Å². The van der Waals surface area contributed by atoms with Crippen molar-refractivity contribution in [1.29, 1.82) is 0 Å². The van der Waals surface area contributed by atoms with E-state index >= 15 is 0 Å². The molecule has 0 aromatic heterocycles. The number of likely N-dealkylation sites (N-methyl/N-ethyl adjacent to an activating group) is 1. The molecule has 2 N–H and O–H groups in total. The molecule has 0 aliphatic carbocycles. The maximum Gasteiger partial charge on any atom is 0.318 e. The van der Waals surface area contributed by atoms with Gasteiger partial charge in [0.2, 0.25) is 5.91 Å². The first-order valence-electron chi connectivity index (χ1n) is 7.07. The fraction of sp³-hybridized carbons (Fsp3) is 0.846. The number of likely N-dealkylation sites (tertiary alicyclic amines) is 2. The van der Waals surface area contributed by atoms with Crippen LogP contribution in [-0.4, -0.2) is 68.1 Å². The average molecular weight is 268 g/mol. The fourth-order valence-electron chi connectivity index (χ4n) is 2.88. The van der Waals surface area contributed by atoms with Crippen LogP contribution < -0.4 is 10.6 Å². The SMILES string of the molecule is CNCC1CCN(C(=O)NC2CCCN(C)C2=O)C1. The number of piperidine rings is 1. The zero-order valence-electron chi connectivity index (χ0n) is 11.8.